The molecular formula is C67H58Cl7F3N6O9. The molecule has 6 aromatic carbocycles. The fraction of sp³-hybridized carbons (Fsp3) is 0.194. The minimum absolute atomic E-state index is 0.0809. The molecule has 0 radical (unpaired) electrons. The van der Waals surface area contributed by atoms with Crippen molar-refractivity contribution >= 4 is 98.9 Å². The van der Waals surface area contributed by atoms with Gasteiger partial charge in [-0.2, -0.15) is 0 Å². The van der Waals surface area contributed by atoms with Crippen LogP contribution >= 0.6 is 81.2 Å². The zero-order valence-corrected chi connectivity index (χ0v) is 54.8. The third kappa shape index (κ3) is 18.1. The number of nitrogens with one attached hydrogen (secondary N) is 3. The number of aromatic hydroxyl groups is 3. The van der Waals surface area contributed by atoms with Crippen molar-refractivity contribution in [3.8, 4) is 51.0 Å². The number of carbonyl (C=O) groups excluding carboxylic acids is 3. The fourth-order valence-corrected chi connectivity index (χ4v) is 10.5. The fourth-order valence-electron chi connectivity index (χ4n) is 9.37. The third-order valence-electron chi connectivity index (χ3n) is 14.5. The molecule has 0 atom stereocenters. The summed E-state index contributed by atoms with van der Waals surface area (Å²) < 4.78 is 44.0. The van der Waals surface area contributed by atoms with E-state index in [0.717, 1.165) is 33.4 Å². The van der Waals surface area contributed by atoms with E-state index >= 15 is 0 Å². The van der Waals surface area contributed by atoms with Gasteiger partial charge in [0.1, 0.15) is 5.82 Å². The van der Waals surface area contributed by atoms with Crippen LogP contribution in [0.3, 0.4) is 0 Å². The largest absolute Gasteiger partial charge is 0.502 e. The summed E-state index contributed by atoms with van der Waals surface area (Å²) in [7, 11) is 4.36. The highest BCUT2D eigenvalue weighted by atomic mass is 35.5. The molecule has 3 heterocycles. The lowest BCUT2D eigenvalue weighted by Crippen LogP contribution is -2.28. The van der Waals surface area contributed by atoms with E-state index in [9.17, 15) is 57.3 Å². The normalized spacial score (nSPS) is 10.8. The molecule has 0 aliphatic carbocycles. The number of amides is 3. The molecule has 0 aliphatic rings. The van der Waals surface area contributed by atoms with Gasteiger partial charge in [-0.05, 0) is 182 Å². The van der Waals surface area contributed by atoms with Crippen LogP contribution in [0.15, 0.2) is 148 Å². The first-order valence-electron chi connectivity index (χ1n) is 28.1. The highest BCUT2D eigenvalue weighted by Crippen LogP contribution is 2.30. The summed E-state index contributed by atoms with van der Waals surface area (Å²) in [5.74, 6) is -6.19. The van der Waals surface area contributed by atoms with Crippen LogP contribution < -0.4 is 32.6 Å². The molecule has 0 fully saturated rings. The van der Waals surface area contributed by atoms with E-state index in [-0.39, 0.29) is 40.3 Å². The first-order valence-corrected chi connectivity index (χ1v) is 30.7. The highest BCUT2D eigenvalue weighted by Gasteiger charge is 2.23. The topological polar surface area (TPSA) is 214 Å². The number of hydrogen-bond acceptors (Lipinski definition) is 9. The average Bonchev–Trinajstić information content (AvgIpc) is 0.805. The van der Waals surface area contributed by atoms with Gasteiger partial charge in [-0.3, -0.25) is 28.8 Å². The molecule has 9 aromatic rings. The Morgan fingerprint density at radius 1 is 0.402 bits per heavy atom. The molecule has 0 spiro atoms. The van der Waals surface area contributed by atoms with Gasteiger partial charge in [0.05, 0.1) is 63.9 Å². The predicted molar refractivity (Wildman–Crippen MR) is 357 cm³/mol. The van der Waals surface area contributed by atoms with Crippen molar-refractivity contribution in [1.82, 2.24) is 29.7 Å². The van der Waals surface area contributed by atoms with Crippen LogP contribution in [0.1, 0.15) is 72.6 Å². The first kappa shape index (κ1) is 71.2. The number of hydrogen-bond donors (Lipinski definition) is 6. The Bertz CT molecular complexity index is 4280. The molecule has 0 saturated heterocycles. The Morgan fingerprint density at radius 2 is 0.739 bits per heavy atom. The van der Waals surface area contributed by atoms with Crippen molar-refractivity contribution in [3.63, 3.8) is 0 Å². The molecule has 0 saturated carbocycles. The number of rotatable bonds is 18. The number of pyridine rings is 3. The van der Waals surface area contributed by atoms with Crippen LogP contribution in [0.4, 0.5) is 13.2 Å². The van der Waals surface area contributed by atoms with Crippen LogP contribution in [-0.2, 0) is 40.4 Å². The number of halogens is 10. The van der Waals surface area contributed by atoms with Gasteiger partial charge in [-0.15, -0.1) is 0 Å². The molecule has 92 heavy (non-hydrogen) atoms. The van der Waals surface area contributed by atoms with Crippen LogP contribution in [0, 0.1) is 24.4 Å². The van der Waals surface area contributed by atoms with E-state index in [1.807, 2.05) is 18.2 Å². The highest BCUT2D eigenvalue weighted by molar-refractivity contribution is 6.43. The second-order valence-corrected chi connectivity index (χ2v) is 23.8. The molecule has 25 heteroatoms. The number of aryl methyl sites for hydroxylation is 4. The van der Waals surface area contributed by atoms with Crippen molar-refractivity contribution in [2.45, 2.75) is 45.4 Å². The van der Waals surface area contributed by atoms with Crippen molar-refractivity contribution in [3.05, 3.63) is 256 Å². The zero-order chi connectivity index (χ0) is 67.2. The Kier molecular flexibility index (Phi) is 25.1. The van der Waals surface area contributed by atoms with Gasteiger partial charge in [0.15, 0.2) is 28.9 Å². The molecular weight excluding hydrogens is 1340 g/mol. The van der Waals surface area contributed by atoms with E-state index in [1.165, 1.54) is 66.7 Å². The van der Waals surface area contributed by atoms with E-state index in [0.29, 0.717) is 115 Å². The maximum absolute atomic E-state index is 13.6. The van der Waals surface area contributed by atoms with Gasteiger partial charge >= 0.3 is 0 Å². The van der Waals surface area contributed by atoms with E-state index in [4.69, 9.17) is 81.2 Å². The second kappa shape index (κ2) is 32.4. The Morgan fingerprint density at radius 3 is 1.07 bits per heavy atom. The number of nitrogens with zero attached hydrogens (tertiary/aromatic N) is 3. The van der Waals surface area contributed by atoms with Crippen molar-refractivity contribution in [2.24, 2.45) is 21.1 Å². The molecule has 15 nitrogen and oxygen atoms in total. The van der Waals surface area contributed by atoms with Gasteiger partial charge in [0.25, 0.3) is 34.4 Å². The van der Waals surface area contributed by atoms with E-state index in [1.54, 1.807) is 73.7 Å². The SMILES string of the molecule is Cc1cc(-c2cc(C(=O)NCCCc3ccc(Cl)c(Cl)c3)c(O)c(=O)n2C)ccc1F.Cn1c(-c2ccc(F)c(F)c2)cc(C(=O)NCCCc2ccc(Cl)c(Cl)c2)c(O)c1=O.Cn1c(-c2cccc(Cl)c2)cc(C(=O)NCCCc2ccc(Cl)c(Cl)c2)c(O)c1=O. The lowest BCUT2D eigenvalue weighted by atomic mass is 10.0. The van der Waals surface area contributed by atoms with Gasteiger partial charge in [0, 0.05) is 51.4 Å². The smallest absolute Gasteiger partial charge is 0.293 e. The second-order valence-electron chi connectivity index (χ2n) is 20.9. The maximum Gasteiger partial charge on any atom is 0.293 e. The summed E-state index contributed by atoms with van der Waals surface area (Å²) in [6.45, 7) is 2.58. The monoisotopic (exact) mass is 1390 g/mol. The molecule has 0 aliphatic heterocycles. The van der Waals surface area contributed by atoms with E-state index in [2.05, 4.69) is 16.0 Å². The molecule has 6 N–H and O–H groups in total. The number of benzene rings is 6. The van der Waals surface area contributed by atoms with Crippen LogP contribution in [0.5, 0.6) is 17.2 Å². The van der Waals surface area contributed by atoms with Gasteiger partial charge in [-0.25, -0.2) is 13.2 Å². The quantitative estimate of drug-likeness (QED) is 0.0450. The summed E-state index contributed by atoms with van der Waals surface area (Å²) in [6.07, 6.45) is 3.83. The summed E-state index contributed by atoms with van der Waals surface area (Å²) in [5, 5.41) is 42.0. The lowest BCUT2D eigenvalue weighted by Gasteiger charge is -2.13. The molecule has 3 aromatic heterocycles. The van der Waals surface area contributed by atoms with E-state index < -0.39 is 63.3 Å². The predicted octanol–water partition coefficient (Wildman–Crippen LogP) is 14.7. The van der Waals surface area contributed by atoms with Gasteiger partial charge in [0.2, 0.25) is 0 Å². The molecule has 3 amide bonds. The molecule has 9 rings (SSSR count). The van der Waals surface area contributed by atoms with Crippen LogP contribution in [-0.4, -0.2) is 66.4 Å². The third-order valence-corrected chi connectivity index (χ3v) is 16.9. The van der Waals surface area contributed by atoms with Crippen molar-refractivity contribution in [1.29, 1.82) is 0 Å². The minimum Gasteiger partial charge on any atom is -0.502 e. The van der Waals surface area contributed by atoms with Gasteiger partial charge in [-0.1, -0.05) is 112 Å². The number of carbonyl (C=O) groups is 3. The van der Waals surface area contributed by atoms with Crippen molar-refractivity contribution < 1.29 is 42.9 Å². The van der Waals surface area contributed by atoms with Crippen LogP contribution in [0.25, 0.3) is 33.8 Å². The molecule has 0 unspecified atom stereocenters. The average molecular weight is 1400 g/mol. The summed E-state index contributed by atoms with van der Waals surface area (Å²) in [5.41, 5.74) is 3.11. The Balaban J connectivity index is 0.000000196. The lowest BCUT2D eigenvalue weighted by molar-refractivity contribution is 0.0941. The summed E-state index contributed by atoms with van der Waals surface area (Å²) in [6, 6.07) is 34.6. The molecule has 0 bridgehead atoms. The van der Waals surface area contributed by atoms with Crippen molar-refractivity contribution in [2.75, 3.05) is 19.6 Å². The minimum atomic E-state index is -1.09. The van der Waals surface area contributed by atoms with Gasteiger partial charge < -0.3 is 45.0 Å². The zero-order valence-electron chi connectivity index (χ0n) is 49.5. The summed E-state index contributed by atoms with van der Waals surface area (Å²) in [4.78, 5) is 75.0. The molecule has 480 valence electrons. The van der Waals surface area contributed by atoms with Crippen LogP contribution in [0.2, 0.25) is 35.2 Å². The Labute approximate surface area is 561 Å². The first-order chi connectivity index (χ1) is 43.6. The number of aromatic nitrogens is 3. The maximum atomic E-state index is 13.6. The summed E-state index contributed by atoms with van der Waals surface area (Å²) >= 11 is 41.7. The standard InChI is InChI=1S/C23H21Cl2FN2O3.C22H19Cl3N2O3.C22H18Cl2F2N2O3/c1-13-10-15(6-8-19(13)26)20-12-16(21(29)23(31)28(20)2)22(30)27-9-3-4-14-5-7-17(24)18(25)11-14;1-27-19(14-5-2-6-15(23)11-14)12-16(20(28)22(27)30)21(29)26-9-3-4-13-7-8-17(24)18(25)10-13;1-28-19(13-5-7-17(25)18(26)10-13)11-14(20(29)22(28)31)21(30)27-8-2-3-12-4-6-15(23)16(24)9-12/h5-8,10-12,29H,3-4,9H2,1-2H3,(H,27,30);2,5-8,10-12,28H,3-4,9H2,1H3,(H,26,29);4-7,9-11,29H,2-3,8H2,1H3,(H,27,30). The Hall–Kier alpha value is -8.20.